The summed E-state index contributed by atoms with van der Waals surface area (Å²) in [6.07, 6.45) is 2.14. The third-order valence-electron chi connectivity index (χ3n) is 2.95. The molecule has 0 aromatic heterocycles. The van der Waals surface area contributed by atoms with Crippen molar-refractivity contribution in [2.75, 3.05) is 34.5 Å². The molecule has 5 nitrogen and oxygen atoms in total. The number of carbonyl (C=O) groups is 1. The van der Waals surface area contributed by atoms with Crippen LogP contribution in [-0.2, 0) is 16.0 Å². The third-order valence-corrected chi connectivity index (χ3v) is 2.95. The third kappa shape index (κ3) is 5.48. The summed E-state index contributed by atoms with van der Waals surface area (Å²) in [5, 5.41) is 2.80. The normalized spacial score (nSPS) is 10.2. The van der Waals surface area contributed by atoms with Gasteiger partial charge in [0.25, 0.3) is 0 Å². The van der Waals surface area contributed by atoms with E-state index in [1.54, 1.807) is 21.3 Å². The Labute approximate surface area is 120 Å². The lowest BCUT2D eigenvalue weighted by molar-refractivity contribution is -0.121. The highest BCUT2D eigenvalue weighted by atomic mass is 16.5. The van der Waals surface area contributed by atoms with Gasteiger partial charge in [-0.15, -0.1) is 0 Å². The molecule has 0 radical (unpaired) electrons. The lowest BCUT2D eigenvalue weighted by atomic mass is 10.1. The summed E-state index contributed by atoms with van der Waals surface area (Å²) < 4.78 is 15.3. The Kier molecular flexibility index (Phi) is 7.50. The SMILES string of the molecule is COCCNC(=O)CCCc1ccc(OC)c(OC)c1. The maximum Gasteiger partial charge on any atom is 0.220 e. The lowest BCUT2D eigenvalue weighted by Crippen LogP contribution is -2.26. The molecule has 0 aliphatic heterocycles. The number of hydrogen-bond donors (Lipinski definition) is 1. The van der Waals surface area contributed by atoms with Gasteiger partial charge in [0.15, 0.2) is 11.5 Å². The molecule has 1 rings (SSSR count). The van der Waals surface area contributed by atoms with Crippen LogP contribution in [0, 0.1) is 0 Å². The Morgan fingerprint density at radius 1 is 1.15 bits per heavy atom. The molecule has 1 aromatic carbocycles. The maximum absolute atomic E-state index is 11.5. The molecule has 0 saturated carbocycles. The first kappa shape index (κ1) is 16.3. The summed E-state index contributed by atoms with van der Waals surface area (Å²) in [7, 11) is 4.84. The first-order chi connectivity index (χ1) is 9.71. The van der Waals surface area contributed by atoms with Crippen molar-refractivity contribution in [1.29, 1.82) is 0 Å². The predicted molar refractivity (Wildman–Crippen MR) is 77.4 cm³/mol. The van der Waals surface area contributed by atoms with Gasteiger partial charge in [0.2, 0.25) is 5.91 Å². The fourth-order valence-electron chi connectivity index (χ4n) is 1.87. The van der Waals surface area contributed by atoms with Crippen molar-refractivity contribution in [2.24, 2.45) is 0 Å². The van der Waals surface area contributed by atoms with Crippen molar-refractivity contribution in [2.45, 2.75) is 19.3 Å². The second kappa shape index (κ2) is 9.20. The van der Waals surface area contributed by atoms with E-state index in [0.717, 1.165) is 24.2 Å². The number of amides is 1. The van der Waals surface area contributed by atoms with Gasteiger partial charge < -0.3 is 19.5 Å². The average Bonchev–Trinajstić information content (AvgIpc) is 2.47. The second-order valence-corrected chi connectivity index (χ2v) is 4.39. The van der Waals surface area contributed by atoms with Gasteiger partial charge in [0.05, 0.1) is 20.8 Å². The molecule has 0 heterocycles. The van der Waals surface area contributed by atoms with E-state index in [1.165, 1.54) is 0 Å². The first-order valence-electron chi connectivity index (χ1n) is 6.67. The van der Waals surface area contributed by atoms with E-state index in [0.29, 0.717) is 25.3 Å². The monoisotopic (exact) mass is 281 g/mol. The van der Waals surface area contributed by atoms with Crippen LogP contribution >= 0.6 is 0 Å². The van der Waals surface area contributed by atoms with Crippen LogP contribution in [0.5, 0.6) is 11.5 Å². The van der Waals surface area contributed by atoms with Crippen LogP contribution in [0.4, 0.5) is 0 Å². The largest absolute Gasteiger partial charge is 0.493 e. The molecule has 1 amide bonds. The van der Waals surface area contributed by atoms with Gasteiger partial charge in [0.1, 0.15) is 0 Å². The fourth-order valence-corrected chi connectivity index (χ4v) is 1.87. The summed E-state index contributed by atoms with van der Waals surface area (Å²) >= 11 is 0. The summed E-state index contributed by atoms with van der Waals surface area (Å²) in [5.41, 5.74) is 1.13. The van der Waals surface area contributed by atoms with E-state index in [2.05, 4.69) is 5.32 Å². The molecule has 0 fully saturated rings. The Bertz CT molecular complexity index is 420. The quantitative estimate of drug-likeness (QED) is 0.701. The zero-order valence-electron chi connectivity index (χ0n) is 12.4. The van der Waals surface area contributed by atoms with Crippen molar-refractivity contribution in [3.63, 3.8) is 0 Å². The van der Waals surface area contributed by atoms with Crippen LogP contribution in [0.2, 0.25) is 0 Å². The van der Waals surface area contributed by atoms with Gasteiger partial charge in [-0.25, -0.2) is 0 Å². The van der Waals surface area contributed by atoms with E-state index in [1.807, 2.05) is 18.2 Å². The molecule has 1 aromatic rings. The highest BCUT2D eigenvalue weighted by molar-refractivity contribution is 5.75. The highest BCUT2D eigenvalue weighted by Crippen LogP contribution is 2.28. The van der Waals surface area contributed by atoms with Crippen molar-refractivity contribution in [3.05, 3.63) is 23.8 Å². The van der Waals surface area contributed by atoms with E-state index in [4.69, 9.17) is 14.2 Å². The van der Waals surface area contributed by atoms with E-state index in [9.17, 15) is 4.79 Å². The van der Waals surface area contributed by atoms with Crippen LogP contribution in [0.15, 0.2) is 18.2 Å². The van der Waals surface area contributed by atoms with Crippen molar-refractivity contribution in [1.82, 2.24) is 5.32 Å². The minimum atomic E-state index is 0.0579. The summed E-state index contributed by atoms with van der Waals surface area (Å²) in [5.74, 6) is 1.49. The first-order valence-corrected chi connectivity index (χ1v) is 6.67. The molecule has 1 N–H and O–H groups in total. The van der Waals surface area contributed by atoms with Crippen LogP contribution in [0.25, 0.3) is 0 Å². The fraction of sp³-hybridized carbons (Fsp3) is 0.533. The smallest absolute Gasteiger partial charge is 0.220 e. The minimum Gasteiger partial charge on any atom is -0.493 e. The summed E-state index contributed by atoms with van der Waals surface area (Å²) in [6.45, 7) is 1.10. The van der Waals surface area contributed by atoms with Gasteiger partial charge in [-0.1, -0.05) is 6.07 Å². The molecule has 20 heavy (non-hydrogen) atoms. The summed E-state index contributed by atoms with van der Waals surface area (Å²) in [4.78, 5) is 11.5. The number of carbonyl (C=O) groups excluding carboxylic acids is 1. The summed E-state index contributed by atoms with van der Waals surface area (Å²) in [6, 6.07) is 5.82. The predicted octanol–water partition coefficient (Wildman–Crippen LogP) is 1.79. The van der Waals surface area contributed by atoms with Gasteiger partial charge >= 0.3 is 0 Å². The molecule has 5 heteroatoms. The van der Waals surface area contributed by atoms with Gasteiger partial charge in [-0.2, -0.15) is 0 Å². The number of benzene rings is 1. The number of hydrogen-bond acceptors (Lipinski definition) is 4. The molecule has 0 unspecified atom stereocenters. The van der Waals surface area contributed by atoms with E-state index in [-0.39, 0.29) is 5.91 Å². The minimum absolute atomic E-state index is 0.0579. The van der Waals surface area contributed by atoms with Crippen LogP contribution in [0.3, 0.4) is 0 Å². The van der Waals surface area contributed by atoms with Crippen LogP contribution < -0.4 is 14.8 Å². The molecule has 112 valence electrons. The molecule has 0 saturated heterocycles. The van der Waals surface area contributed by atoms with Crippen molar-refractivity contribution >= 4 is 5.91 Å². The van der Waals surface area contributed by atoms with E-state index < -0.39 is 0 Å². The number of ether oxygens (including phenoxy) is 3. The average molecular weight is 281 g/mol. The van der Waals surface area contributed by atoms with Crippen LogP contribution in [0.1, 0.15) is 18.4 Å². The Hall–Kier alpha value is -1.75. The van der Waals surface area contributed by atoms with Gasteiger partial charge in [0, 0.05) is 20.1 Å². The number of methoxy groups -OCH3 is 3. The highest BCUT2D eigenvalue weighted by Gasteiger charge is 2.05. The molecule has 0 bridgehead atoms. The second-order valence-electron chi connectivity index (χ2n) is 4.39. The van der Waals surface area contributed by atoms with Crippen molar-refractivity contribution < 1.29 is 19.0 Å². The maximum atomic E-state index is 11.5. The van der Waals surface area contributed by atoms with E-state index >= 15 is 0 Å². The molecule has 0 atom stereocenters. The van der Waals surface area contributed by atoms with Crippen LogP contribution in [-0.4, -0.2) is 40.4 Å². The number of nitrogens with one attached hydrogen (secondary N) is 1. The Morgan fingerprint density at radius 3 is 2.55 bits per heavy atom. The molecule has 0 aliphatic carbocycles. The zero-order chi connectivity index (χ0) is 14.8. The zero-order valence-corrected chi connectivity index (χ0v) is 12.4. The molecular formula is C15H23NO4. The molecule has 0 spiro atoms. The topological polar surface area (TPSA) is 56.8 Å². The standard InChI is InChI=1S/C15H23NO4/c1-18-10-9-16-15(17)6-4-5-12-7-8-13(19-2)14(11-12)20-3/h7-8,11H,4-6,9-10H2,1-3H3,(H,16,17). The number of aryl methyl sites for hydroxylation is 1. The van der Waals surface area contributed by atoms with Gasteiger partial charge in [-0.05, 0) is 30.5 Å². The Balaban J connectivity index is 2.36. The molecule has 0 aliphatic rings. The van der Waals surface area contributed by atoms with Crippen molar-refractivity contribution in [3.8, 4) is 11.5 Å². The lowest BCUT2D eigenvalue weighted by Gasteiger charge is -2.09. The van der Waals surface area contributed by atoms with Gasteiger partial charge in [-0.3, -0.25) is 4.79 Å². The number of rotatable bonds is 9. The Morgan fingerprint density at radius 2 is 1.90 bits per heavy atom. The molecular weight excluding hydrogens is 258 g/mol.